The number of aromatic nitrogens is 1. The van der Waals surface area contributed by atoms with Crippen molar-refractivity contribution in [3.63, 3.8) is 0 Å². The van der Waals surface area contributed by atoms with Gasteiger partial charge in [-0.05, 0) is 36.2 Å². The highest BCUT2D eigenvalue weighted by molar-refractivity contribution is 6.01. The second-order valence-corrected chi connectivity index (χ2v) is 6.78. The number of carbonyl (C=O) groups excluding carboxylic acids is 2. The summed E-state index contributed by atoms with van der Waals surface area (Å²) in [5, 5.41) is 10.0. The van der Waals surface area contributed by atoms with E-state index < -0.39 is 12.1 Å². The summed E-state index contributed by atoms with van der Waals surface area (Å²) in [4.78, 5) is 39.2. The standard InChI is InChI=1S/C19H21N3O3.C2HF3O2/c1-25-17-5-3-2-4-16(17)22-13-15(12-18(22)23)19(24)21-11-8-14-6-9-20-10-7-14;3-2(4,5)1(6)7/h2-7,9-10,15H,8,11-13H2,1H3,(H,21,24);(H,6,7). The number of para-hydroxylation sites is 2. The van der Waals surface area contributed by atoms with Crippen LogP contribution in [0, 0.1) is 5.92 Å². The third-order valence-electron chi connectivity index (χ3n) is 4.58. The van der Waals surface area contributed by atoms with Gasteiger partial charge in [-0.1, -0.05) is 12.1 Å². The van der Waals surface area contributed by atoms with Crippen molar-refractivity contribution in [3.8, 4) is 5.75 Å². The van der Waals surface area contributed by atoms with E-state index in [1.54, 1.807) is 24.4 Å². The smallest absolute Gasteiger partial charge is 0.490 e. The first-order valence-corrected chi connectivity index (χ1v) is 9.53. The first-order valence-electron chi connectivity index (χ1n) is 9.53. The number of pyridine rings is 1. The highest BCUT2D eigenvalue weighted by Gasteiger charge is 2.38. The van der Waals surface area contributed by atoms with Crippen LogP contribution in [-0.4, -0.2) is 54.2 Å². The molecule has 172 valence electrons. The number of halogens is 3. The van der Waals surface area contributed by atoms with Crippen LogP contribution in [0.25, 0.3) is 0 Å². The summed E-state index contributed by atoms with van der Waals surface area (Å²) < 4.78 is 37.1. The zero-order chi connectivity index (χ0) is 23.7. The molecule has 2 aromatic rings. The maximum Gasteiger partial charge on any atom is 0.490 e. The fourth-order valence-corrected chi connectivity index (χ4v) is 2.99. The minimum Gasteiger partial charge on any atom is -0.495 e. The quantitative estimate of drug-likeness (QED) is 0.696. The third kappa shape index (κ3) is 6.96. The Kier molecular flexibility index (Phi) is 8.56. The number of rotatable bonds is 6. The fraction of sp³-hybridized carbons (Fsp3) is 0.333. The third-order valence-corrected chi connectivity index (χ3v) is 4.58. The summed E-state index contributed by atoms with van der Waals surface area (Å²) in [6, 6.07) is 11.2. The van der Waals surface area contributed by atoms with Gasteiger partial charge in [-0.2, -0.15) is 13.2 Å². The largest absolute Gasteiger partial charge is 0.495 e. The van der Waals surface area contributed by atoms with Gasteiger partial charge in [0.25, 0.3) is 0 Å². The lowest BCUT2D eigenvalue weighted by atomic mass is 10.1. The number of hydrogen-bond acceptors (Lipinski definition) is 5. The molecule has 1 saturated heterocycles. The van der Waals surface area contributed by atoms with Crippen molar-refractivity contribution >= 4 is 23.5 Å². The van der Waals surface area contributed by atoms with Crippen LogP contribution in [0.5, 0.6) is 5.75 Å². The number of alkyl halides is 3. The summed E-state index contributed by atoms with van der Waals surface area (Å²) in [5.74, 6) is -2.60. The number of carbonyl (C=O) groups is 3. The van der Waals surface area contributed by atoms with Crippen molar-refractivity contribution in [2.75, 3.05) is 25.1 Å². The number of carboxylic acid groups (broad SMARTS) is 1. The highest BCUT2D eigenvalue weighted by Crippen LogP contribution is 2.32. The van der Waals surface area contributed by atoms with E-state index in [4.69, 9.17) is 14.6 Å². The van der Waals surface area contributed by atoms with Gasteiger partial charge in [-0.3, -0.25) is 14.6 Å². The number of benzene rings is 1. The minimum absolute atomic E-state index is 0.0567. The topological polar surface area (TPSA) is 109 Å². The molecule has 2 heterocycles. The number of anilines is 1. The molecule has 8 nitrogen and oxygen atoms in total. The molecule has 0 bridgehead atoms. The average Bonchev–Trinajstić information content (AvgIpc) is 3.15. The molecule has 1 aliphatic heterocycles. The Labute approximate surface area is 182 Å². The van der Waals surface area contributed by atoms with Crippen LogP contribution in [-0.2, 0) is 20.8 Å². The van der Waals surface area contributed by atoms with Crippen molar-refractivity contribution in [3.05, 3.63) is 54.4 Å². The van der Waals surface area contributed by atoms with Crippen LogP contribution in [0.2, 0.25) is 0 Å². The van der Waals surface area contributed by atoms with Crippen molar-refractivity contribution < 1.29 is 37.4 Å². The Bertz CT molecular complexity index is 938. The van der Waals surface area contributed by atoms with Gasteiger partial charge in [0.2, 0.25) is 11.8 Å². The number of ether oxygens (including phenoxy) is 1. The molecule has 3 rings (SSSR count). The Hall–Kier alpha value is -3.63. The van der Waals surface area contributed by atoms with E-state index in [1.807, 2.05) is 36.4 Å². The van der Waals surface area contributed by atoms with E-state index in [0.29, 0.717) is 24.5 Å². The van der Waals surface area contributed by atoms with Crippen LogP contribution >= 0.6 is 0 Å². The SMILES string of the molecule is COc1ccccc1N1CC(C(=O)NCCc2ccncc2)CC1=O.O=C(O)C(F)(F)F. The lowest BCUT2D eigenvalue weighted by molar-refractivity contribution is -0.192. The van der Waals surface area contributed by atoms with Gasteiger partial charge in [0.1, 0.15) is 5.75 Å². The van der Waals surface area contributed by atoms with Crippen molar-refractivity contribution in [1.29, 1.82) is 0 Å². The zero-order valence-corrected chi connectivity index (χ0v) is 17.1. The Morgan fingerprint density at radius 2 is 1.84 bits per heavy atom. The molecule has 2 N–H and O–H groups in total. The maximum atomic E-state index is 12.4. The van der Waals surface area contributed by atoms with Gasteiger partial charge < -0.3 is 20.1 Å². The second-order valence-electron chi connectivity index (χ2n) is 6.78. The van der Waals surface area contributed by atoms with Crippen LogP contribution in [0.1, 0.15) is 12.0 Å². The van der Waals surface area contributed by atoms with Crippen LogP contribution in [0.3, 0.4) is 0 Å². The summed E-state index contributed by atoms with van der Waals surface area (Å²) >= 11 is 0. The molecular weight excluding hydrogens is 431 g/mol. The lowest BCUT2D eigenvalue weighted by Gasteiger charge is -2.19. The molecule has 1 atom stereocenters. The molecule has 1 aliphatic rings. The van der Waals surface area contributed by atoms with E-state index in [-0.39, 0.29) is 24.2 Å². The van der Waals surface area contributed by atoms with Gasteiger partial charge in [0.05, 0.1) is 18.7 Å². The summed E-state index contributed by atoms with van der Waals surface area (Å²) in [6.45, 7) is 0.919. The molecule has 11 heteroatoms. The van der Waals surface area contributed by atoms with E-state index in [1.165, 1.54) is 0 Å². The molecule has 0 spiro atoms. The molecule has 0 aliphatic carbocycles. The zero-order valence-electron chi connectivity index (χ0n) is 17.1. The van der Waals surface area contributed by atoms with Crippen LogP contribution < -0.4 is 15.0 Å². The van der Waals surface area contributed by atoms with Crippen LogP contribution in [0.15, 0.2) is 48.8 Å². The summed E-state index contributed by atoms with van der Waals surface area (Å²) in [5.41, 5.74) is 1.83. The summed E-state index contributed by atoms with van der Waals surface area (Å²) in [7, 11) is 1.57. The van der Waals surface area contributed by atoms with E-state index in [0.717, 1.165) is 12.0 Å². The number of carboxylic acids is 1. The maximum absolute atomic E-state index is 12.4. The predicted octanol–water partition coefficient (Wildman–Crippen LogP) is 2.44. The summed E-state index contributed by atoms with van der Waals surface area (Å²) in [6.07, 6.45) is -0.653. The first-order chi connectivity index (χ1) is 15.1. The molecule has 0 radical (unpaired) electrons. The number of methoxy groups -OCH3 is 1. The van der Waals surface area contributed by atoms with E-state index >= 15 is 0 Å². The molecular formula is C21H22F3N3O5. The van der Waals surface area contributed by atoms with Crippen LogP contribution in [0.4, 0.5) is 18.9 Å². The number of nitrogens with zero attached hydrogens (tertiary/aromatic N) is 2. The van der Waals surface area contributed by atoms with E-state index in [9.17, 15) is 22.8 Å². The number of hydrogen-bond donors (Lipinski definition) is 2. The van der Waals surface area contributed by atoms with Gasteiger partial charge in [0.15, 0.2) is 0 Å². The minimum atomic E-state index is -5.08. The van der Waals surface area contributed by atoms with Gasteiger partial charge >= 0.3 is 12.1 Å². The fourth-order valence-electron chi connectivity index (χ4n) is 2.99. The Morgan fingerprint density at radius 3 is 2.44 bits per heavy atom. The molecule has 1 fully saturated rings. The van der Waals surface area contributed by atoms with Gasteiger partial charge in [0, 0.05) is 31.9 Å². The number of amides is 2. The highest BCUT2D eigenvalue weighted by atomic mass is 19.4. The van der Waals surface area contributed by atoms with Gasteiger partial charge in [-0.25, -0.2) is 4.79 Å². The van der Waals surface area contributed by atoms with Crippen molar-refractivity contribution in [1.82, 2.24) is 10.3 Å². The molecule has 32 heavy (non-hydrogen) atoms. The Balaban J connectivity index is 0.000000451. The average molecular weight is 453 g/mol. The molecule has 0 saturated carbocycles. The van der Waals surface area contributed by atoms with E-state index in [2.05, 4.69) is 10.3 Å². The molecule has 1 aromatic heterocycles. The van der Waals surface area contributed by atoms with Crippen molar-refractivity contribution in [2.24, 2.45) is 5.92 Å². The molecule has 1 aromatic carbocycles. The first kappa shape index (κ1) is 24.6. The molecule has 1 unspecified atom stereocenters. The number of aliphatic carboxylic acids is 1. The van der Waals surface area contributed by atoms with Gasteiger partial charge in [-0.15, -0.1) is 0 Å². The predicted molar refractivity (Wildman–Crippen MR) is 108 cm³/mol. The molecule has 2 amide bonds. The lowest BCUT2D eigenvalue weighted by Crippen LogP contribution is -2.34. The normalized spacial score (nSPS) is 15.6. The second kappa shape index (κ2) is 11.1. The Morgan fingerprint density at radius 1 is 1.22 bits per heavy atom. The van der Waals surface area contributed by atoms with Crippen molar-refractivity contribution in [2.45, 2.75) is 19.0 Å². The number of nitrogens with one attached hydrogen (secondary N) is 1. The monoisotopic (exact) mass is 453 g/mol.